The summed E-state index contributed by atoms with van der Waals surface area (Å²) in [4.78, 5) is 19.3. The normalized spacial score (nSPS) is 25.2. The zero-order valence-corrected chi connectivity index (χ0v) is 14.9. The van der Waals surface area contributed by atoms with E-state index in [2.05, 4.69) is 28.8 Å². The molecule has 0 spiro atoms. The molecule has 2 aromatic rings. The monoisotopic (exact) mass is 352 g/mol. The van der Waals surface area contributed by atoms with Gasteiger partial charge in [-0.15, -0.1) is 0 Å². The summed E-state index contributed by atoms with van der Waals surface area (Å²) in [5.41, 5.74) is 8.46. The second kappa shape index (κ2) is 6.61. The van der Waals surface area contributed by atoms with Gasteiger partial charge in [0.05, 0.1) is 6.20 Å². The van der Waals surface area contributed by atoms with Gasteiger partial charge >= 0.3 is 0 Å². The molecule has 136 valence electrons. The Labute approximate surface area is 153 Å². The van der Waals surface area contributed by atoms with Crippen molar-refractivity contribution in [2.24, 2.45) is 0 Å². The third kappa shape index (κ3) is 3.01. The second-order valence-electron chi connectivity index (χ2n) is 7.31. The Hall–Kier alpha value is -2.60. The van der Waals surface area contributed by atoms with Crippen LogP contribution in [0.15, 0.2) is 41.7 Å². The summed E-state index contributed by atoms with van der Waals surface area (Å²) in [7, 11) is 2.19. The Bertz CT molecular complexity index is 816. The fourth-order valence-electron chi connectivity index (χ4n) is 4.26. The molecule has 2 unspecified atom stereocenters. The lowest BCUT2D eigenvalue weighted by atomic mass is 9.96. The van der Waals surface area contributed by atoms with Crippen molar-refractivity contribution in [2.45, 2.75) is 43.8 Å². The van der Waals surface area contributed by atoms with E-state index in [1.165, 1.54) is 19.1 Å². The maximum atomic E-state index is 12.7. The number of benzene rings is 1. The van der Waals surface area contributed by atoms with E-state index in [0.717, 1.165) is 18.4 Å². The summed E-state index contributed by atoms with van der Waals surface area (Å²) < 4.78 is 5.29. The lowest BCUT2D eigenvalue weighted by molar-refractivity contribution is -0.116. The summed E-state index contributed by atoms with van der Waals surface area (Å²) in [6.45, 7) is 3.97. The summed E-state index contributed by atoms with van der Waals surface area (Å²) in [5, 5.41) is 3.16. The van der Waals surface area contributed by atoms with Crippen molar-refractivity contribution in [1.29, 1.82) is 0 Å². The maximum absolute atomic E-state index is 12.7. The number of nitrogen functional groups attached to an aromatic ring is 1. The van der Waals surface area contributed by atoms with Crippen molar-refractivity contribution < 1.29 is 9.21 Å². The number of nitrogens with two attached hydrogens (primary N) is 1. The highest BCUT2D eigenvalue weighted by Crippen LogP contribution is 2.34. The molecule has 1 aromatic heterocycles. The van der Waals surface area contributed by atoms with E-state index in [1.54, 1.807) is 18.3 Å². The van der Waals surface area contributed by atoms with Crippen molar-refractivity contribution in [3.05, 3.63) is 42.8 Å². The van der Waals surface area contributed by atoms with Crippen LogP contribution in [0.2, 0.25) is 0 Å². The van der Waals surface area contributed by atoms with E-state index in [1.807, 2.05) is 6.07 Å². The summed E-state index contributed by atoms with van der Waals surface area (Å²) in [5.74, 6) is 0.356. The molecule has 3 N–H and O–H groups in total. The van der Waals surface area contributed by atoms with Crippen molar-refractivity contribution in [2.75, 3.05) is 12.8 Å². The topological polar surface area (TPSA) is 84.4 Å². The van der Waals surface area contributed by atoms with Gasteiger partial charge in [-0.1, -0.05) is 12.6 Å². The number of hydrogen-bond acceptors (Lipinski definition) is 5. The molecule has 0 aliphatic carbocycles. The van der Waals surface area contributed by atoms with E-state index in [-0.39, 0.29) is 11.9 Å². The molecule has 0 radical (unpaired) electrons. The zero-order chi connectivity index (χ0) is 18.3. The first-order valence-electron chi connectivity index (χ1n) is 9.04. The number of carbonyl (C=O) groups excluding carboxylic acids is 1. The number of nitrogens with one attached hydrogen (secondary N) is 1. The van der Waals surface area contributed by atoms with Gasteiger partial charge in [-0.3, -0.25) is 4.79 Å². The highest BCUT2D eigenvalue weighted by molar-refractivity contribution is 6.20. The zero-order valence-electron chi connectivity index (χ0n) is 14.9. The van der Waals surface area contributed by atoms with E-state index in [4.69, 9.17) is 10.2 Å². The molecule has 2 aliphatic rings. The average molecular weight is 352 g/mol. The van der Waals surface area contributed by atoms with Crippen molar-refractivity contribution in [3.63, 3.8) is 0 Å². The third-order valence-electron chi connectivity index (χ3n) is 5.76. The molecule has 1 amide bonds. The van der Waals surface area contributed by atoms with Gasteiger partial charge in [0.25, 0.3) is 5.91 Å². The number of oxazole rings is 1. The van der Waals surface area contributed by atoms with Crippen molar-refractivity contribution in [1.82, 2.24) is 15.2 Å². The number of amides is 1. The molecule has 26 heavy (non-hydrogen) atoms. The lowest BCUT2D eigenvalue weighted by Gasteiger charge is -2.36. The average Bonchev–Trinajstić information content (AvgIpc) is 3.21. The number of carbonyl (C=O) groups is 1. The maximum Gasteiger partial charge on any atom is 0.251 e. The predicted molar refractivity (Wildman–Crippen MR) is 101 cm³/mol. The van der Waals surface area contributed by atoms with Crippen LogP contribution in [0.5, 0.6) is 0 Å². The fraction of sp³-hybridized carbons (Fsp3) is 0.400. The smallest absolute Gasteiger partial charge is 0.251 e. The number of aromatic nitrogens is 1. The first-order chi connectivity index (χ1) is 12.5. The van der Waals surface area contributed by atoms with Crippen LogP contribution in [-0.2, 0) is 4.79 Å². The molecule has 1 aromatic carbocycles. The van der Waals surface area contributed by atoms with Crippen LogP contribution in [0.3, 0.4) is 0 Å². The Morgan fingerprint density at radius 3 is 2.69 bits per heavy atom. The van der Waals surface area contributed by atoms with Gasteiger partial charge in [-0.2, -0.15) is 0 Å². The van der Waals surface area contributed by atoms with Crippen LogP contribution in [0.4, 0.5) is 5.69 Å². The van der Waals surface area contributed by atoms with Crippen LogP contribution in [-0.4, -0.2) is 41.0 Å². The molecule has 6 nitrogen and oxygen atoms in total. The number of hydrogen-bond donors (Lipinski definition) is 2. The Kier molecular flexibility index (Phi) is 4.28. The molecule has 0 saturated carbocycles. The Balaban J connectivity index is 1.45. The molecule has 2 saturated heterocycles. The van der Waals surface area contributed by atoms with Crippen LogP contribution >= 0.6 is 0 Å². The molecule has 2 aliphatic heterocycles. The number of nitrogens with zero attached hydrogens (tertiary/aromatic N) is 2. The van der Waals surface area contributed by atoms with Gasteiger partial charge in [0.2, 0.25) is 5.89 Å². The van der Waals surface area contributed by atoms with Gasteiger partial charge in [0.1, 0.15) is 6.26 Å². The van der Waals surface area contributed by atoms with Gasteiger partial charge < -0.3 is 20.4 Å². The minimum absolute atomic E-state index is 0.144. The fourth-order valence-corrected chi connectivity index (χ4v) is 4.26. The van der Waals surface area contributed by atoms with E-state index in [0.29, 0.717) is 34.8 Å². The first-order valence-corrected chi connectivity index (χ1v) is 9.04. The standard InChI is InChI=1S/C20H24N4O2/c1-12(17-6-3-13(9-18(17)21)20-22-7-8-26-20)19(25)23-14-10-15-4-5-16(11-14)24(15)2/h3,6-9,14-16H,1,4-5,10-11,21H2,2H3,(H,23,25). The van der Waals surface area contributed by atoms with Gasteiger partial charge in [-0.25, -0.2) is 4.98 Å². The van der Waals surface area contributed by atoms with Gasteiger partial charge in [0.15, 0.2) is 0 Å². The molecule has 2 atom stereocenters. The van der Waals surface area contributed by atoms with Crippen molar-refractivity contribution in [3.8, 4) is 11.5 Å². The third-order valence-corrected chi connectivity index (χ3v) is 5.76. The van der Waals surface area contributed by atoms with Gasteiger partial charge in [-0.05, 0) is 44.9 Å². The molecule has 3 heterocycles. The van der Waals surface area contributed by atoms with E-state index >= 15 is 0 Å². The molecular formula is C20H24N4O2. The van der Waals surface area contributed by atoms with Crippen LogP contribution in [0, 0.1) is 0 Å². The quantitative estimate of drug-likeness (QED) is 0.653. The molecule has 2 bridgehead atoms. The summed E-state index contributed by atoms with van der Waals surface area (Å²) in [6.07, 6.45) is 7.56. The van der Waals surface area contributed by atoms with E-state index in [9.17, 15) is 4.79 Å². The SMILES string of the molecule is C=C(C(=O)NC1CC2CCC(C1)N2C)c1ccc(-c2ncco2)cc1N. The van der Waals surface area contributed by atoms with Crippen LogP contribution < -0.4 is 11.1 Å². The van der Waals surface area contributed by atoms with Crippen LogP contribution in [0.25, 0.3) is 17.0 Å². The number of rotatable bonds is 4. The molecular weight excluding hydrogens is 328 g/mol. The highest BCUT2D eigenvalue weighted by Gasteiger charge is 2.38. The Morgan fingerprint density at radius 2 is 2.08 bits per heavy atom. The van der Waals surface area contributed by atoms with Crippen molar-refractivity contribution >= 4 is 17.2 Å². The Morgan fingerprint density at radius 1 is 1.35 bits per heavy atom. The lowest BCUT2D eigenvalue weighted by Crippen LogP contribution is -2.48. The largest absolute Gasteiger partial charge is 0.445 e. The molecule has 2 fully saturated rings. The van der Waals surface area contributed by atoms with E-state index < -0.39 is 0 Å². The second-order valence-corrected chi connectivity index (χ2v) is 7.31. The minimum atomic E-state index is -0.144. The number of piperidine rings is 1. The predicted octanol–water partition coefficient (Wildman–Crippen LogP) is 2.68. The highest BCUT2D eigenvalue weighted by atomic mass is 16.3. The summed E-state index contributed by atoms with van der Waals surface area (Å²) >= 11 is 0. The number of fused-ring (bicyclic) bond motifs is 2. The molecule has 4 rings (SSSR count). The number of anilines is 1. The minimum Gasteiger partial charge on any atom is -0.445 e. The van der Waals surface area contributed by atoms with Gasteiger partial charge in [0, 0.05) is 40.5 Å². The first kappa shape index (κ1) is 16.8. The summed E-state index contributed by atoms with van der Waals surface area (Å²) in [6, 6.07) is 6.77. The molecule has 6 heteroatoms. The van der Waals surface area contributed by atoms with Crippen LogP contribution in [0.1, 0.15) is 31.2 Å².